The first-order valence-corrected chi connectivity index (χ1v) is 9.17. The number of fused-ring (bicyclic) bond motifs is 1. The number of nitrogens with one attached hydrogen (secondary N) is 2. The van der Waals surface area contributed by atoms with E-state index in [0.29, 0.717) is 16.7 Å². The lowest BCUT2D eigenvalue weighted by molar-refractivity contribution is -0.122. The van der Waals surface area contributed by atoms with Gasteiger partial charge in [0.05, 0.1) is 10.8 Å². The van der Waals surface area contributed by atoms with Gasteiger partial charge in [-0.2, -0.15) is 0 Å². The van der Waals surface area contributed by atoms with Gasteiger partial charge < -0.3 is 10.2 Å². The van der Waals surface area contributed by atoms with E-state index in [-0.39, 0.29) is 29.6 Å². The minimum atomic E-state index is -0.372. The number of rotatable bonds is 5. The van der Waals surface area contributed by atoms with Crippen molar-refractivity contribution in [3.05, 3.63) is 45.0 Å². The van der Waals surface area contributed by atoms with Crippen LogP contribution in [0.15, 0.2) is 33.9 Å². The third-order valence-electron chi connectivity index (χ3n) is 4.87. The maximum absolute atomic E-state index is 12.5. The summed E-state index contributed by atoms with van der Waals surface area (Å²) in [6, 6.07) is 6.59. The van der Waals surface area contributed by atoms with Crippen LogP contribution in [-0.4, -0.2) is 46.3 Å². The Labute approximate surface area is 152 Å². The molecule has 0 saturated carbocycles. The summed E-state index contributed by atoms with van der Waals surface area (Å²) in [4.78, 5) is 39.2. The quantitative estimate of drug-likeness (QED) is 0.832. The number of hydrogen-bond acceptors (Lipinski definition) is 4. The molecule has 140 valence electrons. The molecule has 2 heterocycles. The van der Waals surface area contributed by atoms with E-state index in [1.807, 2.05) is 6.92 Å². The minimum absolute atomic E-state index is 0.0179. The molecule has 2 aromatic rings. The molecule has 7 heteroatoms. The van der Waals surface area contributed by atoms with Crippen LogP contribution in [0.5, 0.6) is 0 Å². The zero-order valence-electron chi connectivity index (χ0n) is 15.3. The Hall–Kier alpha value is -2.41. The number of piperidine rings is 1. The van der Waals surface area contributed by atoms with Gasteiger partial charge in [0, 0.05) is 19.1 Å². The first-order chi connectivity index (χ1) is 12.4. The van der Waals surface area contributed by atoms with E-state index in [4.69, 9.17) is 0 Å². The van der Waals surface area contributed by atoms with Crippen molar-refractivity contribution in [3.8, 4) is 0 Å². The van der Waals surface area contributed by atoms with Crippen LogP contribution in [0.2, 0.25) is 0 Å². The van der Waals surface area contributed by atoms with Crippen molar-refractivity contribution in [1.29, 1.82) is 0 Å². The summed E-state index contributed by atoms with van der Waals surface area (Å²) < 4.78 is 1.08. The molecule has 1 amide bonds. The lowest BCUT2D eigenvalue weighted by atomic mass is 10.00. The second-order valence-corrected chi connectivity index (χ2v) is 7.35. The zero-order valence-corrected chi connectivity index (χ0v) is 15.3. The van der Waals surface area contributed by atoms with Crippen molar-refractivity contribution in [2.75, 3.05) is 19.6 Å². The number of carbonyl (C=O) groups is 1. The minimum Gasteiger partial charge on any atom is -0.351 e. The highest BCUT2D eigenvalue weighted by Gasteiger charge is 2.19. The van der Waals surface area contributed by atoms with Crippen molar-refractivity contribution < 1.29 is 4.79 Å². The van der Waals surface area contributed by atoms with E-state index in [0.717, 1.165) is 24.3 Å². The van der Waals surface area contributed by atoms with E-state index in [1.54, 1.807) is 24.3 Å². The first-order valence-electron chi connectivity index (χ1n) is 9.17. The van der Waals surface area contributed by atoms with Crippen LogP contribution >= 0.6 is 0 Å². The Morgan fingerprint density at radius 3 is 2.77 bits per heavy atom. The van der Waals surface area contributed by atoms with E-state index in [1.165, 1.54) is 12.8 Å². The fourth-order valence-electron chi connectivity index (χ4n) is 3.71. The zero-order chi connectivity index (χ0) is 18.7. The predicted molar refractivity (Wildman–Crippen MR) is 101 cm³/mol. The highest BCUT2D eigenvalue weighted by atomic mass is 16.2. The van der Waals surface area contributed by atoms with Crippen molar-refractivity contribution in [1.82, 2.24) is 20.0 Å². The Balaban J connectivity index is 1.65. The lowest BCUT2D eigenvalue weighted by Gasteiger charge is -2.32. The molecule has 2 N–H and O–H groups in total. The Morgan fingerprint density at radius 1 is 1.31 bits per heavy atom. The number of carbonyl (C=O) groups excluding carboxylic acids is 1. The highest BCUT2D eigenvalue weighted by Crippen LogP contribution is 2.15. The van der Waals surface area contributed by atoms with Gasteiger partial charge in [0.15, 0.2) is 0 Å². The van der Waals surface area contributed by atoms with Crippen LogP contribution < -0.4 is 16.4 Å². The third-order valence-corrected chi connectivity index (χ3v) is 4.87. The number of benzene rings is 1. The van der Waals surface area contributed by atoms with Crippen LogP contribution in [0.4, 0.5) is 0 Å². The number of likely N-dealkylation sites (tertiary alicyclic amines) is 1. The molecule has 0 radical (unpaired) electrons. The molecule has 1 aliphatic rings. The number of nitrogens with zero attached hydrogens (tertiary/aromatic N) is 2. The number of aromatic nitrogens is 2. The average molecular weight is 358 g/mol. The van der Waals surface area contributed by atoms with Crippen LogP contribution in [0, 0.1) is 5.92 Å². The van der Waals surface area contributed by atoms with Crippen LogP contribution in [0.25, 0.3) is 10.8 Å². The Bertz CT molecular complexity index is 902. The predicted octanol–water partition coefficient (Wildman–Crippen LogP) is 0.926. The molecule has 2 atom stereocenters. The molecule has 0 bridgehead atoms. The fourth-order valence-corrected chi connectivity index (χ4v) is 3.71. The monoisotopic (exact) mass is 358 g/mol. The van der Waals surface area contributed by atoms with Crippen LogP contribution in [0.1, 0.15) is 26.7 Å². The van der Waals surface area contributed by atoms with Gasteiger partial charge >= 0.3 is 0 Å². The summed E-state index contributed by atoms with van der Waals surface area (Å²) in [6.45, 7) is 6.92. The normalized spacial score (nSPS) is 19.4. The number of H-pyrrole nitrogens is 1. The average Bonchev–Trinajstić information content (AvgIpc) is 2.59. The van der Waals surface area contributed by atoms with Gasteiger partial charge in [-0.25, -0.2) is 4.68 Å². The second-order valence-electron chi connectivity index (χ2n) is 7.35. The van der Waals surface area contributed by atoms with E-state index < -0.39 is 0 Å². The summed E-state index contributed by atoms with van der Waals surface area (Å²) in [6.07, 6.45) is 2.45. The first kappa shape index (κ1) is 18.4. The summed E-state index contributed by atoms with van der Waals surface area (Å²) in [5.41, 5.74) is -0.740. The Kier molecular flexibility index (Phi) is 5.56. The molecule has 1 aliphatic heterocycles. The van der Waals surface area contributed by atoms with Gasteiger partial charge in [-0.1, -0.05) is 19.1 Å². The summed E-state index contributed by atoms with van der Waals surface area (Å²) >= 11 is 0. The van der Waals surface area contributed by atoms with Gasteiger partial charge in [0.2, 0.25) is 5.91 Å². The van der Waals surface area contributed by atoms with Crippen molar-refractivity contribution in [2.24, 2.45) is 5.92 Å². The molecule has 1 aromatic heterocycles. The highest BCUT2D eigenvalue weighted by molar-refractivity contribution is 5.81. The standard InChI is InChI=1S/C19H26N4O3/c1-13-6-5-9-22(10-13)11-14(2)20-17(24)12-23-19(26)16-8-4-3-7-15(16)18(25)21-23/h3-4,7-8,13-14H,5-6,9-12H2,1-2H3,(H,20,24)(H,21,25). The number of aromatic amines is 1. The maximum Gasteiger partial charge on any atom is 0.273 e. The van der Waals surface area contributed by atoms with Crippen molar-refractivity contribution in [3.63, 3.8) is 0 Å². The van der Waals surface area contributed by atoms with Crippen molar-refractivity contribution in [2.45, 2.75) is 39.3 Å². The topological polar surface area (TPSA) is 87.2 Å². The molecule has 0 aliphatic carbocycles. The molecule has 1 fully saturated rings. The van der Waals surface area contributed by atoms with Gasteiger partial charge in [-0.15, -0.1) is 0 Å². The molecular formula is C19H26N4O3. The van der Waals surface area contributed by atoms with Gasteiger partial charge in [0.1, 0.15) is 6.54 Å². The van der Waals surface area contributed by atoms with Gasteiger partial charge in [0.25, 0.3) is 11.1 Å². The van der Waals surface area contributed by atoms with Crippen LogP contribution in [0.3, 0.4) is 0 Å². The largest absolute Gasteiger partial charge is 0.351 e. The Morgan fingerprint density at radius 2 is 2.04 bits per heavy atom. The molecule has 2 unspecified atom stereocenters. The van der Waals surface area contributed by atoms with E-state index in [2.05, 4.69) is 22.2 Å². The van der Waals surface area contributed by atoms with Crippen molar-refractivity contribution >= 4 is 16.7 Å². The molecule has 26 heavy (non-hydrogen) atoms. The molecule has 7 nitrogen and oxygen atoms in total. The van der Waals surface area contributed by atoms with E-state index in [9.17, 15) is 14.4 Å². The second kappa shape index (κ2) is 7.86. The van der Waals surface area contributed by atoms with E-state index >= 15 is 0 Å². The summed E-state index contributed by atoms with van der Waals surface area (Å²) in [5.74, 6) is 0.406. The number of hydrogen-bond donors (Lipinski definition) is 2. The molecule has 3 rings (SSSR count). The van der Waals surface area contributed by atoms with Crippen LogP contribution in [-0.2, 0) is 11.3 Å². The number of amides is 1. The van der Waals surface area contributed by atoms with Gasteiger partial charge in [-0.05, 0) is 44.4 Å². The summed E-state index contributed by atoms with van der Waals surface area (Å²) in [5, 5.41) is 6.06. The molecule has 1 aromatic carbocycles. The molecular weight excluding hydrogens is 332 g/mol. The SMILES string of the molecule is CC1CCCN(CC(C)NC(=O)Cn2[nH]c(=O)c3ccccc3c2=O)C1. The third kappa shape index (κ3) is 4.22. The molecule has 0 spiro atoms. The van der Waals surface area contributed by atoms with Gasteiger partial charge in [-0.3, -0.25) is 19.5 Å². The maximum atomic E-state index is 12.5. The summed E-state index contributed by atoms with van der Waals surface area (Å²) in [7, 11) is 0. The smallest absolute Gasteiger partial charge is 0.273 e. The molecule has 1 saturated heterocycles. The lowest BCUT2D eigenvalue weighted by Crippen LogP contribution is -2.46. The fraction of sp³-hybridized carbons (Fsp3) is 0.526.